The van der Waals surface area contributed by atoms with Gasteiger partial charge in [0, 0.05) is 5.57 Å². The second-order valence-electron chi connectivity index (χ2n) is 4.08. The first-order chi connectivity index (χ1) is 7.10. The minimum absolute atomic E-state index is 0.174. The third kappa shape index (κ3) is 3.15. The van der Waals surface area contributed by atoms with Crippen LogP contribution in [-0.4, -0.2) is 26.1 Å². The van der Waals surface area contributed by atoms with Crippen molar-refractivity contribution < 1.29 is 9.90 Å². The first-order valence-electron chi connectivity index (χ1n) is 4.93. The Morgan fingerprint density at radius 2 is 1.93 bits per heavy atom. The van der Waals surface area contributed by atoms with Gasteiger partial charge in [-0.05, 0) is 0 Å². The van der Waals surface area contributed by atoms with Gasteiger partial charge in [-0.25, -0.2) is 0 Å². The van der Waals surface area contributed by atoms with Crippen LogP contribution in [0, 0.1) is 0 Å². The molecule has 0 saturated heterocycles. The molecule has 0 bridgehead atoms. The summed E-state index contributed by atoms with van der Waals surface area (Å²) in [5.41, 5.74) is 2.42. The highest BCUT2D eigenvalue weighted by molar-refractivity contribution is 6.94. The van der Waals surface area contributed by atoms with Gasteiger partial charge in [0.1, 0.15) is 14.4 Å². The zero-order chi connectivity index (χ0) is 11.3. The van der Waals surface area contributed by atoms with Gasteiger partial charge in [-0.3, -0.25) is 4.79 Å². The molecule has 0 aromatic heterocycles. The molecule has 0 aliphatic rings. The van der Waals surface area contributed by atoms with Crippen molar-refractivity contribution >= 4 is 19.5 Å². The van der Waals surface area contributed by atoms with E-state index in [2.05, 4.69) is 25.2 Å². The molecular weight excluding hydrogens is 204 g/mol. The maximum atomic E-state index is 10.6. The standard InChI is InChI=1S/C12H16O2Si/c1-15(2,10-11(8-13)9-14)12-6-4-3-5-7-12/h3-8,10,14H,9H2,1-2H3/b11-10+. The Bertz CT molecular complexity index is 355. The summed E-state index contributed by atoms with van der Waals surface area (Å²) < 4.78 is 0. The second-order valence-corrected chi connectivity index (χ2v) is 8.39. The van der Waals surface area contributed by atoms with Crippen LogP contribution >= 0.6 is 0 Å². The van der Waals surface area contributed by atoms with Gasteiger partial charge in [0.25, 0.3) is 0 Å². The molecule has 0 amide bonds. The highest BCUT2D eigenvalue weighted by atomic mass is 28.3. The molecule has 0 radical (unpaired) electrons. The molecule has 3 heteroatoms. The predicted molar refractivity (Wildman–Crippen MR) is 64.8 cm³/mol. The average Bonchev–Trinajstić information content (AvgIpc) is 2.27. The predicted octanol–water partition coefficient (Wildman–Crippen LogP) is 1.26. The van der Waals surface area contributed by atoms with Crippen LogP contribution < -0.4 is 5.19 Å². The molecule has 0 unspecified atom stereocenters. The lowest BCUT2D eigenvalue weighted by atomic mass is 10.4. The van der Waals surface area contributed by atoms with E-state index < -0.39 is 8.07 Å². The van der Waals surface area contributed by atoms with Crippen molar-refractivity contribution in [1.29, 1.82) is 0 Å². The van der Waals surface area contributed by atoms with Gasteiger partial charge >= 0.3 is 0 Å². The smallest absolute Gasteiger partial charge is 0.147 e. The summed E-state index contributed by atoms with van der Waals surface area (Å²) in [4.78, 5) is 10.6. The lowest BCUT2D eigenvalue weighted by molar-refractivity contribution is -0.105. The summed E-state index contributed by atoms with van der Waals surface area (Å²) in [5.74, 6) is 0. The van der Waals surface area contributed by atoms with Crippen LogP contribution in [0.4, 0.5) is 0 Å². The number of hydrogen-bond acceptors (Lipinski definition) is 2. The number of aliphatic hydroxyl groups is 1. The lowest BCUT2D eigenvalue weighted by Crippen LogP contribution is -2.40. The quantitative estimate of drug-likeness (QED) is 0.471. The van der Waals surface area contributed by atoms with Crippen LogP contribution in [0.3, 0.4) is 0 Å². The SMILES string of the molecule is C[Si](C)(/C=C(\C=O)CO)c1ccccc1. The van der Waals surface area contributed by atoms with Crippen molar-refractivity contribution in [3.8, 4) is 0 Å². The van der Waals surface area contributed by atoms with Crippen molar-refractivity contribution in [2.45, 2.75) is 13.1 Å². The Balaban J connectivity index is 3.02. The molecule has 1 aromatic carbocycles. The maximum Gasteiger partial charge on any atom is 0.147 e. The molecule has 0 aliphatic heterocycles. The minimum Gasteiger partial charge on any atom is -0.392 e. The largest absolute Gasteiger partial charge is 0.392 e. The molecule has 1 rings (SSSR count). The highest BCUT2D eigenvalue weighted by Crippen LogP contribution is 2.07. The Morgan fingerprint density at radius 3 is 2.40 bits per heavy atom. The number of aliphatic hydroxyl groups excluding tert-OH is 1. The molecule has 0 heterocycles. The van der Waals surface area contributed by atoms with Crippen LogP contribution in [0.25, 0.3) is 0 Å². The molecule has 0 aliphatic carbocycles. The summed E-state index contributed by atoms with van der Waals surface area (Å²) in [6.45, 7) is 4.13. The molecule has 1 aromatic rings. The van der Waals surface area contributed by atoms with Crippen molar-refractivity contribution in [2.24, 2.45) is 0 Å². The fraction of sp³-hybridized carbons (Fsp3) is 0.250. The first kappa shape index (κ1) is 11.9. The van der Waals surface area contributed by atoms with Crippen molar-refractivity contribution in [1.82, 2.24) is 0 Å². The summed E-state index contributed by atoms with van der Waals surface area (Å²) >= 11 is 0. The van der Waals surface area contributed by atoms with Gasteiger partial charge in [0.05, 0.1) is 6.61 Å². The van der Waals surface area contributed by atoms with Crippen molar-refractivity contribution in [2.75, 3.05) is 6.61 Å². The number of hydrogen-bond donors (Lipinski definition) is 1. The zero-order valence-corrected chi connectivity index (χ0v) is 10.1. The zero-order valence-electron chi connectivity index (χ0n) is 9.10. The van der Waals surface area contributed by atoms with Crippen molar-refractivity contribution in [3.05, 3.63) is 41.6 Å². The van der Waals surface area contributed by atoms with E-state index in [0.717, 1.165) is 6.29 Å². The van der Waals surface area contributed by atoms with E-state index in [9.17, 15) is 4.79 Å². The summed E-state index contributed by atoms with van der Waals surface area (Å²) in [5, 5.41) is 10.2. The number of rotatable bonds is 4. The van der Waals surface area contributed by atoms with E-state index in [1.807, 2.05) is 23.9 Å². The lowest BCUT2D eigenvalue weighted by Gasteiger charge is -2.19. The number of benzene rings is 1. The molecule has 0 atom stereocenters. The van der Waals surface area contributed by atoms with E-state index in [1.165, 1.54) is 5.19 Å². The van der Waals surface area contributed by atoms with Crippen LogP contribution in [0.5, 0.6) is 0 Å². The summed E-state index contributed by atoms with van der Waals surface area (Å²) in [6.07, 6.45) is 0.734. The number of carbonyl (C=O) groups excluding carboxylic acids is 1. The van der Waals surface area contributed by atoms with Crippen LogP contribution in [0.2, 0.25) is 13.1 Å². The van der Waals surface area contributed by atoms with E-state index in [0.29, 0.717) is 5.57 Å². The van der Waals surface area contributed by atoms with E-state index in [4.69, 9.17) is 5.11 Å². The van der Waals surface area contributed by atoms with Gasteiger partial charge < -0.3 is 5.11 Å². The molecule has 15 heavy (non-hydrogen) atoms. The highest BCUT2D eigenvalue weighted by Gasteiger charge is 2.20. The van der Waals surface area contributed by atoms with E-state index in [-0.39, 0.29) is 6.61 Å². The van der Waals surface area contributed by atoms with Gasteiger partial charge in [0.15, 0.2) is 0 Å². The number of carbonyl (C=O) groups is 1. The monoisotopic (exact) mass is 220 g/mol. The molecular formula is C12H16O2Si. The van der Waals surface area contributed by atoms with Gasteiger partial charge in [-0.2, -0.15) is 0 Å². The van der Waals surface area contributed by atoms with E-state index >= 15 is 0 Å². The summed E-state index contributed by atoms with van der Waals surface area (Å²) in [7, 11) is -1.74. The topological polar surface area (TPSA) is 37.3 Å². The van der Waals surface area contributed by atoms with Crippen LogP contribution in [-0.2, 0) is 4.79 Å². The maximum absolute atomic E-state index is 10.6. The Morgan fingerprint density at radius 1 is 1.33 bits per heavy atom. The second kappa shape index (κ2) is 5.05. The molecule has 80 valence electrons. The molecule has 0 saturated carbocycles. The Kier molecular flexibility index (Phi) is 4.00. The summed E-state index contributed by atoms with van der Waals surface area (Å²) in [6, 6.07) is 10.1. The Hall–Kier alpha value is -1.19. The van der Waals surface area contributed by atoms with Gasteiger partial charge in [-0.1, -0.05) is 54.3 Å². The molecule has 2 nitrogen and oxygen atoms in total. The Labute approximate surface area is 91.3 Å². The normalized spacial score (nSPS) is 12.6. The van der Waals surface area contributed by atoms with E-state index in [1.54, 1.807) is 0 Å². The van der Waals surface area contributed by atoms with Crippen molar-refractivity contribution in [3.63, 3.8) is 0 Å². The molecule has 1 N–H and O–H groups in total. The minimum atomic E-state index is -1.74. The third-order valence-corrected chi connectivity index (χ3v) is 5.31. The first-order valence-corrected chi connectivity index (χ1v) is 8.01. The van der Waals surface area contributed by atoms with Gasteiger partial charge in [-0.15, -0.1) is 0 Å². The molecule has 0 fully saturated rings. The third-order valence-electron chi connectivity index (χ3n) is 2.40. The van der Waals surface area contributed by atoms with Crippen LogP contribution in [0.1, 0.15) is 0 Å². The molecule has 0 spiro atoms. The van der Waals surface area contributed by atoms with Crippen LogP contribution in [0.15, 0.2) is 41.6 Å². The fourth-order valence-corrected chi connectivity index (χ4v) is 3.84. The fourth-order valence-electron chi connectivity index (χ4n) is 1.53. The number of aldehydes is 1. The average molecular weight is 220 g/mol. The van der Waals surface area contributed by atoms with Gasteiger partial charge in [0.2, 0.25) is 0 Å².